The Balaban J connectivity index is 1.23. The van der Waals surface area contributed by atoms with Crippen molar-refractivity contribution in [2.24, 2.45) is 0 Å². The van der Waals surface area contributed by atoms with Gasteiger partial charge < -0.3 is 20.1 Å². The summed E-state index contributed by atoms with van der Waals surface area (Å²) in [6.45, 7) is -0.458. The van der Waals surface area contributed by atoms with E-state index in [4.69, 9.17) is 32.7 Å². The predicted octanol–water partition coefficient (Wildman–Crippen LogP) is 4.81. The Morgan fingerprint density at radius 1 is 0.735 bits per heavy atom. The van der Waals surface area contributed by atoms with Crippen LogP contribution in [0.15, 0.2) is 36.4 Å². The summed E-state index contributed by atoms with van der Waals surface area (Å²) in [5.74, 6) is -1.32. The smallest absolute Gasteiger partial charge is 0.258 e. The van der Waals surface area contributed by atoms with Crippen molar-refractivity contribution in [2.75, 3.05) is 13.2 Å². The fourth-order valence-corrected chi connectivity index (χ4v) is 4.89. The zero-order valence-corrected chi connectivity index (χ0v) is 19.8. The highest BCUT2D eigenvalue weighted by Gasteiger charge is 2.49. The van der Waals surface area contributed by atoms with E-state index in [9.17, 15) is 18.4 Å². The van der Waals surface area contributed by atoms with Gasteiger partial charge in [0.2, 0.25) is 0 Å². The molecule has 6 nitrogen and oxygen atoms in total. The summed E-state index contributed by atoms with van der Waals surface area (Å²) in [6.07, 6.45) is 4.32. The Labute approximate surface area is 205 Å². The van der Waals surface area contributed by atoms with Gasteiger partial charge in [0.1, 0.15) is 23.1 Å². The van der Waals surface area contributed by atoms with Crippen LogP contribution in [0.3, 0.4) is 0 Å². The van der Waals surface area contributed by atoms with Gasteiger partial charge in [-0.1, -0.05) is 23.2 Å². The zero-order chi connectivity index (χ0) is 24.3. The number of halogens is 4. The highest BCUT2D eigenvalue weighted by atomic mass is 35.5. The van der Waals surface area contributed by atoms with Crippen molar-refractivity contribution in [2.45, 2.75) is 49.6 Å². The van der Waals surface area contributed by atoms with Gasteiger partial charge in [-0.2, -0.15) is 0 Å². The Kier molecular flexibility index (Phi) is 7.19. The van der Waals surface area contributed by atoms with E-state index in [1.165, 1.54) is 24.3 Å². The quantitative estimate of drug-likeness (QED) is 0.532. The number of ether oxygens (including phenoxy) is 2. The number of hydrogen-bond donors (Lipinski definition) is 2. The number of carbonyl (C=O) groups excluding carboxylic acids is 2. The van der Waals surface area contributed by atoms with Gasteiger partial charge in [-0.05, 0) is 62.8 Å². The first-order valence-electron chi connectivity index (χ1n) is 11.0. The standard InChI is InChI=1S/C24H24Cl2F2N2O4/c25-17-3-1-15(11-19(17)27)33-13-21(31)29-23-5-8-24(9-6-23,10-7-23)30-22(32)14-34-16-2-4-18(26)20(28)12-16/h1-4,11-12H,5-10,13-14H2,(H,29,31)(H,30,32). The average Bonchev–Trinajstić information content (AvgIpc) is 2.82. The lowest BCUT2D eigenvalue weighted by atomic mass is 9.61. The summed E-state index contributed by atoms with van der Waals surface area (Å²) in [4.78, 5) is 24.9. The largest absolute Gasteiger partial charge is 0.484 e. The van der Waals surface area contributed by atoms with Gasteiger partial charge in [0, 0.05) is 23.2 Å². The van der Waals surface area contributed by atoms with Crippen LogP contribution in [0.5, 0.6) is 11.5 Å². The fourth-order valence-electron chi connectivity index (χ4n) is 4.66. The van der Waals surface area contributed by atoms with E-state index in [0.717, 1.165) is 50.7 Å². The molecule has 0 heterocycles. The van der Waals surface area contributed by atoms with Gasteiger partial charge in [-0.3, -0.25) is 9.59 Å². The van der Waals surface area contributed by atoms with E-state index >= 15 is 0 Å². The molecule has 2 bridgehead atoms. The number of nitrogens with one attached hydrogen (secondary N) is 2. The molecule has 2 aromatic carbocycles. The van der Waals surface area contributed by atoms with Crippen LogP contribution in [0.1, 0.15) is 38.5 Å². The van der Waals surface area contributed by atoms with Crippen LogP contribution in [-0.2, 0) is 9.59 Å². The monoisotopic (exact) mass is 512 g/mol. The third kappa shape index (κ3) is 5.73. The molecule has 0 aromatic heterocycles. The van der Waals surface area contributed by atoms with E-state index in [-0.39, 0.29) is 57.7 Å². The van der Waals surface area contributed by atoms with Crippen molar-refractivity contribution in [3.63, 3.8) is 0 Å². The molecule has 0 spiro atoms. The fraction of sp³-hybridized carbons (Fsp3) is 0.417. The van der Waals surface area contributed by atoms with E-state index in [0.29, 0.717) is 0 Å². The second-order valence-corrected chi connectivity index (χ2v) is 9.70. The van der Waals surface area contributed by atoms with Crippen LogP contribution >= 0.6 is 23.2 Å². The molecule has 0 saturated heterocycles. The van der Waals surface area contributed by atoms with E-state index in [2.05, 4.69) is 10.6 Å². The average molecular weight is 513 g/mol. The first kappa shape index (κ1) is 24.5. The van der Waals surface area contributed by atoms with E-state index < -0.39 is 11.6 Å². The van der Waals surface area contributed by atoms with Gasteiger partial charge in [-0.25, -0.2) is 8.78 Å². The van der Waals surface area contributed by atoms with Crippen molar-refractivity contribution in [1.29, 1.82) is 0 Å². The summed E-state index contributed by atoms with van der Waals surface area (Å²) < 4.78 is 37.8. The van der Waals surface area contributed by atoms with Crippen molar-refractivity contribution >= 4 is 35.0 Å². The minimum Gasteiger partial charge on any atom is -0.484 e. The molecule has 0 radical (unpaired) electrons. The molecular weight excluding hydrogens is 489 g/mol. The van der Waals surface area contributed by atoms with Crippen LogP contribution in [0, 0.1) is 11.6 Å². The van der Waals surface area contributed by atoms with Crippen molar-refractivity contribution in [3.05, 3.63) is 58.1 Å². The molecule has 3 saturated carbocycles. The minimum atomic E-state index is -0.609. The molecule has 0 unspecified atom stereocenters. The van der Waals surface area contributed by atoms with Crippen molar-refractivity contribution in [3.8, 4) is 11.5 Å². The zero-order valence-electron chi connectivity index (χ0n) is 18.3. The van der Waals surface area contributed by atoms with Crippen LogP contribution in [-0.4, -0.2) is 36.1 Å². The first-order valence-corrected chi connectivity index (χ1v) is 11.7. The number of fused-ring (bicyclic) bond motifs is 3. The second kappa shape index (κ2) is 9.96. The molecule has 2 amide bonds. The topological polar surface area (TPSA) is 76.7 Å². The molecule has 2 N–H and O–H groups in total. The lowest BCUT2D eigenvalue weighted by Crippen LogP contribution is -2.64. The molecule has 0 atom stereocenters. The third-order valence-corrected chi connectivity index (χ3v) is 7.19. The molecule has 34 heavy (non-hydrogen) atoms. The van der Waals surface area contributed by atoms with Gasteiger partial charge in [0.05, 0.1) is 10.0 Å². The van der Waals surface area contributed by atoms with Gasteiger partial charge in [0.25, 0.3) is 11.8 Å². The summed E-state index contributed by atoms with van der Waals surface area (Å²) in [5.41, 5.74) is -0.676. The van der Waals surface area contributed by atoms with Crippen molar-refractivity contribution in [1.82, 2.24) is 10.6 Å². The Hall–Kier alpha value is -2.58. The maximum atomic E-state index is 13.5. The van der Waals surface area contributed by atoms with Crippen LogP contribution in [0.2, 0.25) is 10.0 Å². The summed E-state index contributed by atoms with van der Waals surface area (Å²) in [6, 6.07) is 8.03. The molecule has 3 fully saturated rings. The van der Waals surface area contributed by atoms with Gasteiger partial charge in [-0.15, -0.1) is 0 Å². The van der Waals surface area contributed by atoms with E-state index in [1.54, 1.807) is 0 Å². The normalized spacial score (nSPS) is 23.3. The molecule has 3 aliphatic rings. The molecule has 0 aliphatic heterocycles. The number of rotatable bonds is 8. The number of hydrogen-bond acceptors (Lipinski definition) is 4. The molecular formula is C24H24Cl2F2N2O4. The number of benzene rings is 2. The number of amides is 2. The lowest BCUT2D eigenvalue weighted by Gasteiger charge is -2.53. The summed E-state index contributed by atoms with van der Waals surface area (Å²) >= 11 is 11.3. The lowest BCUT2D eigenvalue weighted by molar-refractivity contribution is -0.130. The predicted molar refractivity (Wildman–Crippen MR) is 123 cm³/mol. The summed E-state index contributed by atoms with van der Waals surface area (Å²) in [7, 11) is 0. The Morgan fingerprint density at radius 3 is 1.41 bits per heavy atom. The van der Waals surface area contributed by atoms with Gasteiger partial charge in [0.15, 0.2) is 13.2 Å². The first-order chi connectivity index (χ1) is 16.2. The highest BCUT2D eigenvalue weighted by molar-refractivity contribution is 6.31. The Bertz CT molecular complexity index is 989. The third-order valence-electron chi connectivity index (χ3n) is 6.58. The van der Waals surface area contributed by atoms with Crippen LogP contribution in [0.25, 0.3) is 0 Å². The number of carbonyl (C=O) groups is 2. The second-order valence-electron chi connectivity index (χ2n) is 8.89. The Morgan fingerprint density at radius 2 is 1.09 bits per heavy atom. The van der Waals surface area contributed by atoms with E-state index in [1.807, 2.05) is 0 Å². The van der Waals surface area contributed by atoms with Gasteiger partial charge >= 0.3 is 0 Å². The highest BCUT2D eigenvalue weighted by Crippen LogP contribution is 2.46. The molecule has 10 heteroatoms. The maximum absolute atomic E-state index is 13.5. The van der Waals surface area contributed by atoms with Crippen LogP contribution in [0.4, 0.5) is 8.78 Å². The van der Waals surface area contributed by atoms with Crippen molar-refractivity contribution < 1.29 is 27.8 Å². The molecule has 3 aliphatic carbocycles. The maximum Gasteiger partial charge on any atom is 0.258 e. The minimum absolute atomic E-state index is 0.0129. The summed E-state index contributed by atoms with van der Waals surface area (Å²) in [5, 5.41) is 6.13. The molecule has 2 aromatic rings. The molecule has 182 valence electrons. The SMILES string of the molecule is O=C(COc1ccc(Cl)c(F)c1)NC12CCC(NC(=O)COc3ccc(Cl)c(F)c3)(CC1)CC2. The van der Waals surface area contributed by atoms with Crippen LogP contribution < -0.4 is 20.1 Å². The molecule has 5 rings (SSSR count).